The van der Waals surface area contributed by atoms with Crippen LogP contribution >= 0.6 is 0 Å². The first-order valence-corrected chi connectivity index (χ1v) is 3.72. The maximum atomic E-state index is 10.6. The van der Waals surface area contributed by atoms with Gasteiger partial charge in [-0.3, -0.25) is 4.79 Å². The Balaban J connectivity index is 0. The summed E-state index contributed by atoms with van der Waals surface area (Å²) in [5.41, 5.74) is 5.08. The van der Waals surface area contributed by atoms with Gasteiger partial charge in [-0.2, -0.15) is 0 Å². The number of esters is 1. The molecule has 0 aliphatic heterocycles. The molecule has 1 aliphatic rings. The van der Waals surface area contributed by atoms with E-state index in [1.807, 2.05) is 0 Å². The van der Waals surface area contributed by atoms with E-state index >= 15 is 0 Å². The molecule has 3 nitrogen and oxygen atoms in total. The van der Waals surface area contributed by atoms with E-state index in [0.717, 1.165) is 12.8 Å². The molecule has 0 bridgehead atoms. The first kappa shape index (κ1) is 11.4. The van der Waals surface area contributed by atoms with Crippen LogP contribution in [0.25, 0.3) is 0 Å². The minimum atomic E-state index is -0.271. The van der Waals surface area contributed by atoms with Gasteiger partial charge < -0.3 is 11.9 Å². The predicted octanol–water partition coefficient (Wildman–Crippen LogP) is -2.45. The normalized spacial score (nSPS) is 17.5. The molecule has 4 heteroatoms. The van der Waals surface area contributed by atoms with Crippen molar-refractivity contribution in [3.05, 3.63) is 0 Å². The zero-order valence-corrected chi connectivity index (χ0v) is 9.01. The molecule has 11 heavy (non-hydrogen) atoms. The van der Waals surface area contributed by atoms with E-state index in [-0.39, 0.29) is 49.6 Å². The van der Waals surface area contributed by atoms with Crippen molar-refractivity contribution in [1.82, 2.24) is 0 Å². The molecule has 2 N–H and O–H groups in total. The van der Waals surface area contributed by atoms with E-state index in [9.17, 15) is 4.79 Å². The maximum absolute atomic E-state index is 10.6. The van der Waals surface area contributed by atoms with Gasteiger partial charge >= 0.3 is 35.5 Å². The second-order valence-corrected chi connectivity index (χ2v) is 2.60. The number of ether oxygens (including phenoxy) is 1. The molecular weight excluding hydrogens is 153 g/mol. The van der Waals surface area contributed by atoms with Gasteiger partial charge in [-0.1, -0.05) is 0 Å². The topological polar surface area (TPSA) is 52.3 Å². The second-order valence-electron chi connectivity index (χ2n) is 2.60. The van der Waals surface area contributed by atoms with Crippen LogP contribution in [0.4, 0.5) is 0 Å². The van der Waals surface area contributed by atoms with Gasteiger partial charge in [0.05, 0.1) is 6.54 Å². The Morgan fingerprint density at radius 1 is 1.55 bits per heavy atom. The zero-order chi connectivity index (χ0) is 7.40. The Morgan fingerprint density at radius 2 is 2.09 bits per heavy atom. The number of carbonyl (C=O) groups is 1. The first-order chi connectivity index (χ1) is 4.83. The van der Waals surface area contributed by atoms with Crippen LogP contribution in [0, 0.1) is 0 Å². The van der Waals surface area contributed by atoms with Gasteiger partial charge in [0, 0.05) is 0 Å². The molecule has 0 aromatic heterocycles. The van der Waals surface area contributed by atoms with Gasteiger partial charge in [-0.15, -0.1) is 0 Å². The third-order valence-electron chi connectivity index (χ3n) is 1.77. The fourth-order valence-electron chi connectivity index (χ4n) is 1.24. The molecule has 0 heterocycles. The Hall–Kier alpha value is 0.430. The van der Waals surface area contributed by atoms with Gasteiger partial charge in [0.15, 0.2) is 0 Å². The summed E-state index contributed by atoms with van der Waals surface area (Å²) in [4.78, 5) is 10.6. The molecule has 0 amide bonds. The van der Waals surface area contributed by atoms with Gasteiger partial charge in [0.25, 0.3) is 0 Å². The van der Waals surface area contributed by atoms with Crippen molar-refractivity contribution in [3.8, 4) is 0 Å². The molecular formula is C7H14NNaO2. The summed E-state index contributed by atoms with van der Waals surface area (Å²) in [7, 11) is 0. The van der Waals surface area contributed by atoms with Crippen molar-refractivity contribution in [1.29, 1.82) is 0 Å². The van der Waals surface area contributed by atoms with Crippen LogP contribution in [0.1, 0.15) is 27.1 Å². The summed E-state index contributed by atoms with van der Waals surface area (Å²) >= 11 is 0. The summed E-state index contributed by atoms with van der Waals surface area (Å²) in [6.07, 6.45) is 4.57. The zero-order valence-electron chi connectivity index (χ0n) is 8.01. The average Bonchev–Trinajstić information content (AvgIpc) is 2.40. The minimum absolute atomic E-state index is 0. The molecule has 60 valence electrons. The summed E-state index contributed by atoms with van der Waals surface area (Å²) in [6.45, 7) is 0.0104. The Bertz CT molecular complexity index is 129. The molecule has 1 saturated carbocycles. The fraction of sp³-hybridized carbons (Fsp3) is 0.857. The van der Waals surface area contributed by atoms with E-state index < -0.39 is 0 Å². The van der Waals surface area contributed by atoms with Gasteiger partial charge in [-0.05, 0) is 25.7 Å². The van der Waals surface area contributed by atoms with Crippen molar-refractivity contribution in [2.75, 3.05) is 6.54 Å². The van der Waals surface area contributed by atoms with Gasteiger partial charge in [0.1, 0.15) is 6.10 Å². The Kier molecular flexibility index (Phi) is 6.24. The molecule has 0 saturated heterocycles. The maximum Gasteiger partial charge on any atom is 1.00 e. The van der Waals surface area contributed by atoms with Crippen molar-refractivity contribution in [2.24, 2.45) is 5.73 Å². The van der Waals surface area contributed by atoms with Crippen molar-refractivity contribution in [2.45, 2.75) is 31.8 Å². The number of nitrogens with two attached hydrogens (primary N) is 1. The quantitative estimate of drug-likeness (QED) is 0.367. The Morgan fingerprint density at radius 3 is 2.55 bits per heavy atom. The van der Waals surface area contributed by atoms with Crippen molar-refractivity contribution >= 4 is 5.97 Å². The first-order valence-electron chi connectivity index (χ1n) is 3.72. The van der Waals surface area contributed by atoms with Gasteiger partial charge in [0.2, 0.25) is 0 Å². The van der Waals surface area contributed by atoms with E-state index in [2.05, 4.69) is 0 Å². The second kappa shape index (κ2) is 6.00. The Labute approximate surface area is 90.4 Å². The minimum Gasteiger partial charge on any atom is -1.00 e. The summed E-state index contributed by atoms with van der Waals surface area (Å²) in [5.74, 6) is -0.271. The van der Waals surface area contributed by atoms with Crippen molar-refractivity contribution < 1.29 is 40.5 Å². The molecule has 0 atom stereocenters. The molecule has 1 fully saturated rings. The predicted molar refractivity (Wildman–Crippen MR) is 38.5 cm³/mol. The van der Waals surface area contributed by atoms with E-state index in [1.165, 1.54) is 12.8 Å². The van der Waals surface area contributed by atoms with Crippen LogP contribution in [0.15, 0.2) is 0 Å². The van der Waals surface area contributed by atoms with Gasteiger partial charge in [-0.25, -0.2) is 0 Å². The average molecular weight is 167 g/mol. The third-order valence-corrected chi connectivity index (χ3v) is 1.77. The van der Waals surface area contributed by atoms with Crippen LogP contribution in [-0.4, -0.2) is 18.6 Å². The number of hydrogen-bond acceptors (Lipinski definition) is 3. The van der Waals surface area contributed by atoms with Crippen LogP contribution in [0.5, 0.6) is 0 Å². The molecule has 0 aromatic carbocycles. The summed E-state index contributed by atoms with van der Waals surface area (Å²) in [5, 5.41) is 0. The monoisotopic (exact) mass is 167 g/mol. The number of hydrogen-bond donors (Lipinski definition) is 1. The van der Waals surface area contributed by atoms with E-state index in [0.29, 0.717) is 0 Å². The smallest absolute Gasteiger partial charge is 1.00 e. The van der Waals surface area contributed by atoms with E-state index in [1.54, 1.807) is 0 Å². The molecule has 0 aromatic rings. The van der Waals surface area contributed by atoms with E-state index in [4.69, 9.17) is 10.5 Å². The number of rotatable bonds is 2. The molecule has 0 spiro atoms. The third kappa shape index (κ3) is 4.11. The number of carbonyl (C=O) groups excluding carboxylic acids is 1. The SMILES string of the molecule is NCC(=O)OC1CCCC1.[H-].[Na+]. The molecule has 0 unspecified atom stereocenters. The van der Waals surface area contributed by atoms with Crippen LogP contribution in [0.3, 0.4) is 0 Å². The molecule has 0 radical (unpaired) electrons. The standard InChI is InChI=1S/C7H13NO2.Na.H/c8-5-7(9)10-6-3-1-2-4-6;;/h6H,1-5,8H2;;/q;+1;-1. The van der Waals surface area contributed by atoms with Crippen LogP contribution < -0.4 is 35.3 Å². The van der Waals surface area contributed by atoms with Crippen LogP contribution in [0.2, 0.25) is 0 Å². The van der Waals surface area contributed by atoms with Crippen LogP contribution in [-0.2, 0) is 9.53 Å². The molecule has 1 rings (SSSR count). The largest absolute Gasteiger partial charge is 1.00 e. The fourth-order valence-corrected chi connectivity index (χ4v) is 1.24. The van der Waals surface area contributed by atoms with Crippen molar-refractivity contribution in [3.63, 3.8) is 0 Å². The molecule has 1 aliphatic carbocycles. The summed E-state index contributed by atoms with van der Waals surface area (Å²) in [6, 6.07) is 0. The summed E-state index contributed by atoms with van der Waals surface area (Å²) < 4.78 is 5.00.